The molecule has 6 heteroatoms. The third kappa shape index (κ3) is 2.48. The molecule has 4 nitrogen and oxygen atoms in total. The SMILES string of the molecule is Cn1cccc1CN(C1CC1)S(=O)(=O)c1cccs1. The van der Waals surface area contributed by atoms with Gasteiger partial charge in [-0.3, -0.25) is 0 Å². The van der Waals surface area contributed by atoms with Crippen molar-refractivity contribution >= 4 is 21.4 Å². The Morgan fingerprint density at radius 2 is 2.16 bits per heavy atom. The van der Waals surface area contributed by atoms with Crippen LogP contribution in [0.15, 0.2) is 40.1 Å². The largest absolute Gasteiger partial charge is 0.353 e. The zero-order valence-electron chi connectivity index (χ0n) is 10.7. The first kappa shape index (κ1) is 12.9. The van der Waals surface area contributed by atoms with Crippen molar-refractivity contribution < 1.29 is 8.42 Å². The molecule has 0 N–H and O–H groups in total. The summed E-state index contributed by atoms with van der Waals surface area (Å²) in [5.41, 5.74) is 1.02. The molecule has 0 spiro atoms. The van der Waals surface area contributed by atoms with E-state index in [1.165, 1.54) is 11.3 Å². The Bertz CT molecular complexity index is 655. The third-order valence-electron chi connectivity index (χ3n) is 3.38. The zero-order chi connectivity index (χ0) is 13.5. The molecule has 0 amide bonds. The van der Waals surface area contributed by atoms with Crippen molar-refractivity contribution in [3.05, 3.63) is 41.5 Å². The number of aryl methyl sites for hydroxylation is 1. The fourth-order valence-corrected chi connectivity index (χ4v) is 4.89. The standard InChI is InChI=1S/C13H16N2O2S2/c1-14-8-2-4-12(14)10-15(11-6-7-11)19(16,17)13-5-3-9-18-13/h2-5,8-9,11H,6-7,10H2,1H3. The van der Waals surface area contributed by atoms with Crippen LogP contribution in [0.2, 0.25) is 0 Å². The minimum atomic E-state index is -3.35. The van der Waals surface area contributed by atoms with Gasteiger partial charge in [-0.1, -0.05) is 6.07 Å². The maximum atomic E-state index is 12.6. The van der Waals surface area contributed by atoms with Crippen LogP contribution >= 0.6 is 11.3 Å². The van der Waals surface area contributed by atoms with Gasteiger partial charge in [-0.05, 0) is 36.4 Å². The lowest BCUT2D eigenvalue weighted by atomic mass is 10.4. The smallest absolute Gasteiger partial charge is 0.253 e. The van der Waals surface area contributed by atoms with E-state index in [9.17, 15) is 8.42 Å². The molecule has 0 aromatic carbocycles. The number of rotatable bonds is 5. The van der Waals surface area contributed by atoms with E-state index in [1.54, 1.807) is 21.8 Å². The molecular formula is C13H16N2O2S2. The molecule has 0 unspecified atom stereocenters. The second-order valence-electron chi connectivity index (χ2n) is 4.82. The van der Waals surface area contributed by atoms with Crippen LogP contribution in [-0.2, 0) is 23.6 Å². The zero-order valence-corrected chi connectivity index (χ0v) is 12.3. The number of nitrogens with zero attached hydrogens (tertiary/aromatic N) is 2. The number of hydrogen-bond acceptors (Lipinski definition) is 3. The molecule has 0 atom stereocenters. The van der Waals surface area contributed by atoms with Gasteiger partial charge in [-0.15, -0.1) is 11.3 Å². The van der Waals surface area contributed by atoms with Crippen molar-refractivity contribution in [2.45, 2.75) is 29.6 Å². The lowest BCUT2D eigenvalue weighted by Gasteiger charge is -2.21. The summed E-state index contributed by atoms with van der Waals surface area (Å²) in [4.78, 5) is 0. The van der Waals surface area contributed by atoms with E-state index in [2.05, 4.69) is 0 Å². The summed E-state index contributed by atoms with van der Waals surface area (Å²) < 4.78 is 29.3. The van der Waals surface area contributed by atoms with Gasteiger partial charge in [-0.25, -0.2) is 8.42 Å². The van der Waals surface area contributed by atoms with Crippen molar-refractivity contribution in [2.75, 3.05) is 0 Å². The Morgan fingerprint density at radius 3 is 2.68 bits per heavy atom. The first-order valence-electron chi connectivity index (χ1n) is 6.24. The second-order valence-corrected chi connectivity index (χ2v) is 7.89. The lowest BCUT2D eigenvalue weighted by Crippen LogP contribution is -2.32. The lowest BCUT2D eigenvalue weighted by molar-refractivity contribution is 0.391. The molecule has 1 fully saturated rings. The maximum absolute atomic E-state index is 12.6. The fourth-order valence-electron chi connectivity index (χ4n) is 2.12. The Hall–Kier alpha value is -1.11. The van der Waals surface area contributed by atoms with Gasteiger partial charge < -0.3 is 4.57 Å². The summed E-state index contributed by atoms with van der Waals surface area (Å²) in [7, 11) is -1.41. The van der Waals surface area contributed by atoms with E-state index < -0.39 is 10.0 Å². The molecule has 1 aliphatic rings. The molecular weight excluding hydrogens is 280 g/mol. The average molecular weight is 296 g/mol. The monoisotopic (exact) mass is 296 g/mol. The van der Waals surface area contributed by atoms with Gasteiger partial charge in [0.05, 0.1) is 6.54 Å². The van der Waals surface area contributed by atoms with E-state index in [-0.39, 0.29) is 6.04 Å². The van der Waals surface area contributed by atoms with Crippen LogP contribution in [0.25, 0.3) is 0 Å². The molecule has 1 aliphatic carbocycles. The molecule has 2 aromatic heterocycles. The molecule has 102 valence electrons. The van der Waals surface area contributed by atoms with E-state index in [0.717, 1.165) is 18.5 Å². The minimum absolute atomic E-state index is 0.169. The summed E-state index contributed by atoms with van der Waals surface area (Å²) in [5, 5.41) is 1.81. The number of sulfonamides is 1. The van der Waals surface area contributed by atoms with Crippen molar-refractivity contribution in [1.29, 1.82) is 0 Å². The third-order valence-corrected chi connectivity index (χ3v) is 6.65. The van der Waals surface area contributed by atoms with E-state index >= 15 is 0 Å². The van der Waals surface area contributed by atoms with Gasteiger partial charge in [0.1, 0.15) is 4.21 Å². The summed E-state index contributed by atoms with van der Waals surface area (Å²) in [5.74, 6) is 0. The highest BCUT2D eigenvalue weighted by Gasteiger charge is 2.38. The molecule has 0 bridgehead atoms. The molecule has 0 radical (unpaired) electrons. The van der Waals surface area contributed by atoms with Crippen molar-refractivity contribution in [3.8, 4) is 0 Å². The highest BCUT2D eigenvalue weighted by molar-refractivity contribution is 7.91. The predicted octanol–water partition coefficient (Wildman–Crippen LogP) is 2.44. The van der Waals surface area contributed by atoms with Gasteiger partial charge in [0.25, 0.3) is 10.0 Å². The van der Waals surface area contributed by atoms with Gasteiger partial charge in [0, 0.05) is 25.0 Å². The predicted molar refractivity (Wildman–Crippen MR) is 75.5 cm³/mol. The average Bonchev–Trinajstić information content (AvgIpc) is 2.90. The van der Waals surface area contributed by atoms with Gasteiger partial charge in [0.15, 0.2) is 0 Å². The second kappa shape index (κ2) is 4.77. The van der Waals surface area contributed by atoms with Crippen molar-refractivity contribution in [1.82, 2.24) is 8.87 Å². The van der Waals surface area contributed by atoms with Crippen molar-refractivity contribution in [3.63, 3.8) is 0 Å². The summed E-state index contributed by atoms with van der Waals surface area (Å²) >= 11 is 1.28. The molecule has 1 saturated carbocycles. The van der Waals surface area contributed by atoms with E-state index in [4.69, 9.17) is 0 Å². The fraction of sp³-hybridized carbons (Fsp3) is 0.385. The quantitative estimate of drug-likeness (QED) is 0.850. The number of hydrogen-bond donors (Lipinski definition) is 0. The molecule has 2 aromatic rings. The van der Waals surface area contributed by atoms with E-state index in [1.807, 2.05) is 29.9 Å². The van der Waals surface area contributed by atoms with Crippen LogP contribution in [0.3, 0.4) is 0 Å². The summed E-state index contributed by atoms with van der Waals surface area (Å²) in [6.45, 7) is 0.453. The summed E-state index contributed by atoms with van der Waals surface area (Å²) in [6, 6.07) is 7.55. The molecule has 0 aliphatic heterocycles. The van der Waals surface area contributed by atoms with E-state index in [0.29, 0.717) is 10.8 Å². The normalized spacial score (nSPS) is 16.1. The summed E-state index contributed by atoms with van der Waals surface area (Å²) in [6.07, 6.45) is 3.88. The molecule has 0 saturated heterocycles. The maximum Gasteiger partial charge on any atom is 0.253 e. The first-order valence-corrected chi connectivity index (χ1v) is 8.56. The van der Waals surface area contributed by atoms with Crippen LogP contribution in [0, 0.1) is 0 Å². The Labute approximate surface area is 117 Å². The molecule has 19 heavy (non-hydrogen) atoms. The highest BCUT2D eigenvalue weighted by atomic mass is 32.2. The Balaban J connectivity index is 1.92. The van der Waals surface area contributed by atoms with Gasteiger partial charge in [0.2, 0.25) is 0 Å². The number of aromatic nitrogens is 1. The van der Waals surface area contributed by atoms with Crippen LogP contribution in [0.5, 0.6) is 0 Å². The molecule has 2 heterocycles. The Morgan fingerprint density at radius 1 is 1.37 bits per heavy atom. The van der Waals surface area contributed by atoms with Crippen LogP contribution in [0.1, 0.15) is 18.5 Å². The topological polar surface area (TPSA) is 42.3 Å². The molecule has 3 rings (SSSR count). The van der Waals surface area contributed by atoms with Gasteiger partial charge in [-0.2, -0.15) is 4.31 Å². The van der Waals surface area contributed by atoms with Gasteiger partial charge >= 0.3 is 0 Å². The highest BCUT2D eigenvalue weighted by Crippen LogP contribution is 2.34. The van der Waals surface area contributed by atoms with Crippen LogP contribution in [0.4, 0.5) is 0 Å². The van der Waals surface area contributed by atoms with Crippen LogP contribution in [-0.4, -0.2) is 23.3 Å². The number of thiophene rings is 1. The van der Waals surface area contributed by atoms with Crippen LogP contribution < -0.4 is 0 Å². The Kier molecular flexibility index (Phi) is 3.24. The van der Waals surface area contributed by atoms with Crippen molar-refractivity contribution in [2.24, 2.45) is 7.05 Å². The first-order chi connectivity index (χ1) is 9.09. The minimum Gasteiger partial charge on any atom is -0.353 e.